The molecule has 0 bridgehead atoms. The van der Waals surface area contributed by atoms with Crippen molar-refractivity contribution in [2.24, 2.45) is 0 Å². The first kappa shape index (κ1) is 18.2. The van der Waals surface area contributed by atoms with E-state index in [2.05, 4.69) is 29.4 Å². The number of aromatic nitrogens is 1. The summed E-state index contributed by atoms with van der Waals surface area (Å²) in [5, 5.41) is 3.22. The molecular formula is C20H22N2O3S. The molecule has 0 fully saturated rings. The van der Waals surface area contributed by atoms with Crippen molar-refractivity contribution in [2.45, 2.75) is 39.7 Å². The second-order valence-corrected chi connectivity index (χ2v) is 8.08. The molecule has 0 spiro atoms. The third kappa shape index (κ3) is 4.52. The highest BCUT2D eigenvalue weighted by atomic mass is 32.1. The van der Waals surface area contributed by atoms with Crippen molar-refractivity contribution >= 4 is 22.6 Å². The quantitative estimate of drug-likeness (QED) is 0.644. The van der Waals surface area contributed by atoms with Crippen LogP contribution in [0.25, 0.3) is 11.5 Å². The van der Waals surface area contributed by atoms with Crippen LogP contribution in [0, 0.1) is 6.92 Å². The molecule has 1 amide bonds. The molecule has 1 N–H and O–H groups in total. The molecule has 26 heavy (non-hydrogen) atoms. The molecule has 136 valence electrons. The Morgan fingerprint density at radius 1 is 1.23 bits per heavy atom. The van der Waals surface area contributed by atoms with E-state index in [1.807, 2.05) is 45.0 Å². The Balaban J connectivity index is 1.89. The number of ether oxygens (including phenoxy) is 1. The molecule has 0 saturated carbocycles. The number of nitrogens with zero attached hydrogens (tertiary/aromatic N) is 1. The van der Waals surface area contributed by atoms with Crippen molar-refractivity contribution < 1.29 is 13.9 Å². The van der Waals surface area contributed by atoms with Crippen molar-refractivity contribution in [3.63, 3.8) is 0 Å². The lowest BCUT2D eigenvalue weighted by Crippen LogP contribution is -2.27. The number of carbonyl (C=O) groups is 1. The van der Waals surface area contributed by atoms with E-state index in [4.69, 9.17) is 9.15 Å². The highest BCUT2D eigenvalue weighted by Gasteiger charge is 2.20. The Bertz CT molecular complexity index is 892. The molecule has 0 aliphatic heterocycles. The van der Waals surface area contributed by atoms with Crippen molar-refractivity contribution in [2.75, 3.05) is 5.32 Å². The van der Waals surface area contributed by atoms with Crippen LogP contribution in [-0.4, -0.2) is 16.7 Å². The van der Waals surface area contributed by atoms with Gasteiger partial charge in [0.25, 0.3) is 0 Å². The highest BCUT2D eigenvalue weighted by Crippen LogP contribution is 2.34. The largest absolute Gasteiger partial charge is 0.463 e. The van der Waals surface area contributed by atoms with E-state index >= 15 is 0 Å². The van der Waals surface area contributed by atoms with Crippen molar-refractivity contribution in [3.05, 3.63) is 58.7 Å². The second-order valence-electron chi connectivity index (χ2n) is 7.00. The Kier molecular flexibility index (Phi) is 5.13. The van der Waals surface area contributed by atoms with E-state index < -0.39 is 11.7 Å². The summed E-state index contributed by atoms with van der Waals surface area (Å²) in [5.41, 5.74) is 2.62. The SMILES string of the molecule is Cc1ccccc1Cc1sc(NC(=O)OC(C)(C)C)nc1-c1ccco1. The molecule has 0 unspecified atom stereocenters. The monoisotopic (exact) mass is 370 g/mol. The fourth-order valence-corrected chi connectivity index (χ4v) is 3.48. The zero-order valence-electron chi connectivity index (χ0n) is 15.3. The smallest absolute Gasteiger partial charge is 0.413 e. The van der Waals surface area contributed by atoms with Crippen LogP contribution >= 0.6 is 11.3 Å². The standard InChI is InChI=1S/C20H22N2O3S/c1-13-8-5-6-9-14(13)12-16-17(15-10-7-11-24-15)21-18(26-16)22-19(23)25-20(2,3)4/h5-11H,12H2,1-4H3,(H,21,22,23). The lowest BCUT2D eigenvalue weighted by molar-refractivity contribution is 0.0636. The number of nitrogens with one attached hydrogen (secondary N) is 1. The molecular weight excluding hydrogens is 348 g/mol. The summed E-state index contributed by atoms with van der Waals surface area (Å²) in [6.07, 6.45) is 1.82. The number of hydrogen-bond acceptors (Lipinski definition) is 5. The van der Waals surface area contributed by atoms with Crippen LogP contribution in [0.4, 0.5) is 9.93 Å². The van der Waals surface area contributed by atoms with Crippen LogP contribution in [0.5, 0.6) is 0 Å². The van der Waals surface area contributed by atoms with Crippen LogP contribution < -0.4 is 5.32 Å². The third-order valence-electron chi connectivity index (χ3n) is 3.67. The van der Waals surface area contributed by atoms with Crippen LogP contribution in [-0.2, 0) is 11.2 Å². The first-order valence-electron chi connectivity index (χ1n) is 8.40. The van der Waals surface area contributed by atoms with Gasteiger partial charge < -0.3 is 9.15 Å². The minimum absolute atomic E-state index is 0.495. The summed E-state index contributed by atoms with van der Waals surface area (Å²) in [4.78, 5) is 17.6. The van der Waals surface area contributed by atoms with E-state index in [1.165, 1.54) is 22.5 Å². The summed E-state index contributed by atoms with van der Waals surface area (Å²) < 4.78 is 10.8. The molecule has 3 rings (SSSR count). The molecule has 1 aromatic carbocycles. The number of furan rings is 1. The molecule has 0 aliphatic rings. The first-order chi connectivity index (χ1) is 12.3. The summed E-state index contributed by atoms with van der Waals surface area (Å²) in [6, 6.07) is 11.9. The lowest BCUT2D eigenvalue weighted by atomic mass is 10.0. The van der Waals surface area contributed by atoms with Gasteiger partial charge in [-0.3, -0.25) is 5.32 Å². The number of carbonyl (C=O) groups excluding carboxylic acids is 1. The fraction of sp³-hybridized carbons (Fsp3) is 0.300. The van der Waals surface area contributed by atoms with E-state index in [-0.39, 0.29) is 0 Å². The molecule has 2 heterocycles. The van der Waals surface area contributed by atoms with Gasteiger partial charge in [-0.05, 0) is 51.0 Å². The fourth-order valence-electron chi connectivity index (χ4n) is 2.50. The predicted octanol–water partition coefficient (Wildman–Crippen LogP) is 5.65. The molecule has 0 aliphatic carbocycles. The van der Waals surface area contributed by atoms with Gasteiger partial charge in [-0.1, -0.05) is 24.3 Å². The van der Waals surface area contributed by atoms with Gasteiger partial charge in [0, 0.05) is 11.3 Å². The highest BCUT2D eigenvalue weighted by molar-refractivity contribution is 7.16. The van der Waals surface area contributed by atoms with Gasteiger partial charge in [-0.2, -0.15) is 0 Å². The lowest BCUT2D eigenvalue weighted by Gasteiger charge is -2.18. The normalized spacial score (nSPS) is 11.4. The van der Waals surface area contributed by atoms with E-state index in [9.17, 15) is 4.79 Å². The van der Waals surface area contributed by atoms with Crippen molar-refractivity contribution in [1.29, 1.82) is 0 Å². The molecule has 6 heteroatoms. The maximum Gasteiger partial charge on any atom is 0.413 e. The number of benzene rings is 1. The van der Waals surface area contributed by atoms with Crippen LogP contribution in [0.15, 0.2) is 47.1 Å². The maximum atomic E-state index is 12.1. The van der Waals surface area contributed by atoms with Gasteiger partial charge in [-0.15, -0.1) is 11.3 Å². The Labute approximate surface area is 157 Å². The van der Waals surface area contributed by atoms with Crippen LogP contribution in [0.2, 0.25) is 0 Å². The van der Waals surface area contributed by atoms with Gasteiger partial charge in [0.05, 0.1) is 6.26 Å². The zero-order chi connectivity index (χ0) is 18.7. The summed E-state index contributed by atoms with van der Waals surface area (Å²) in [5.74, 6) is 0.682. The average Bonchev–Trinajstić information content (AvgIpc) is 3.17. The van der Waals surface area contributed by atoms with Crippen molar-refractivity contribution in [1.82, 2.24) is 4.98 Å². The summed E-state index contributed by atoms with van der Waals surface area (Å²) >= 11 is 1.43. The third-order valence-corrected chi connectivity index (χ3v) is 4.64. The van der Waals surface area contributed by atoms with E-state index in [1.54, 1.807) is 6.26 Å². The topological polar surface area (TPSA) is 64.4 Å². The molecule has 2 aromatic heterocycles. The van der Waals surface area contributed by atoms with Crippen LogP contribution in [0.3, 0.4) is 0 Å². The second kappa shape index (κ2) is 7.33. The number of anilines is 1. The van der Waals surface area contributed by atoms with Gasteiger partial charge in [0.1, 0.15) is 11.3 Å². The molecule has 0 saturated heterocycles. The minimum Gasteiger partial charge on any atom is -0.463 e. The average molecular weight is 370 g/mol. The van der Waals surface area contributed by atoms with E-state index in [0.29, 0.717) is 10.9 Å². The predicted molar refractivity (Wildman–Crippen MR) is 104 cm³/mol. The molecule has 0 radical (unpaired) electrons. The Morgan fingerprint density at radius 2 is 2.00 bits per heavy atom. The molecule has 3 aromatic rings. The number of thiazole rings is 1. The first-order valence-corrected chi connectivity index (χ1v) is 9.21. The number of rotatable bonds is 4. The summed E-state index contributed by atoms with van der Waals surface area (Å²) in [6.45, 7) is 7.56. The Morgan fingerprint density at radius 3 is 2.65 bits per heavy atom. The minimum atomic E-state index is -0.560. The van der Waals surface area contributed by atoms with Gasteiger partial charge in [0.2, 0.25) is 0 Å². The van der Waals surface area contributed by atoms with Crippen LogP contribution in [0.1, 0.15) is 36.8 Å². The van der Waals surface area contributed by atoms with Gasteiger partial charge in [-0.25, -0.2) is 9.78 Å². The number of aryl methyl sites for hydroxylation is 1. The Hall–Kier alpha value is -2.60. The maximum absolute atomic E-state index is 12.1. The number of hydrogen-bond donors (Lipinski definition) is 1. The summed E-state index contributed by atoms with van der Waals surface area (Å²) in [7, 11) is 0. The zero-order valence-corrected chi connectivity index (χ0v) is 16.1. The van der Waals surface area contributed by atoms with Gasteiger partial charge >= 0.3 is 6.09 Å². The van der Waals surface area contributed by atoms with Crippen molar-refractivity contribution in [3.8, 4) is 11.5 Å². The molecule has 5 nitrogen and oxygen atoms in total. The molecule has 0 atom stereocenters. The van der Waals surface area contributed by atoms with E-state index in [0.717, 1.165) is 17.0 Å². The number of amides is 1. The van der Waals surface area contributed by atoms with Gasteiger partial charge in [0.15, 0.2) is 10.9 Å².